The van der Waals surface area contributed by atoms with E-state index in [0.29, 0.717) is 11.7 Å². The molecule has 3 nitrogen and oxygen atoms in total. The second-order valence-electron chi connectivity index (χ2n) is 3.81. The van der Waals surface area contributed by atoms with Crippen LogP contribution < -0.4 is 15.4 Å². The molecule has 0 heterocycles. The molecule has 0 aliphatic carbocycles. The summed E-state index contributed by atoms with van der Waals surface area (Å²) < 4.78 is 5.21. The molecule has 0 aliphatic heterocycles. The molecule has 0 unspecified atom stereocenters. The van der Waals surface area contributed by atoms with Crippen molar-refractivity contribution in [2.45, 2.75) is 26.8 Å². The number of methoxy groups -OCH3 is 1. The summed E-state index contributed by atoms with van der Waals surface area (Å²) in [7, 11) is 1.64. The van der Waals surface area contributed by atoms with E-state index in [1.807, 2.05) is 18.2 Å². The first-order valence-electron chi connectivity index (χ1n) is 5.30. The Bertz CT molecular complexity index is 323. The quantitative estimate of drug-likeness (QED) is 0.773. The molecule has 0 atom stereocenters. The average Bonchev–Trinajstić information content (AvgIpc) is 2.21. The molecule has 0 amide bonds. The summed E-state index contributed by atoms with van der Waals surface area (Å²) >= 11 is 0. The summed E-state index contributed by atoms with van der Waals surface area (Å²) in [5, 5.41) is 0. The molecule has 1 aromatic carbocycles. The molecule has 0 saturated heterocycles. The predicted octanol–water partition coefficient (Wildman–Crippen LogP) is 2.51. The maximum Gasteiger partial charge on any atom is 0.143 e. The smallest absolute Gasteiger partial charge is 0.143 e. The number of hydrogen-bond acceptors (Lipinski definition) is 3. The number of ether oxygens (including phenoxy) is 1. The van der Waals surface area contributed by atoms with Gasteiger partial charge in [0, 0.05) is 24.3 Å². The van der Waals surface area contributed by atoms with Crippen LogP contribution in [0.1, 0.15) is 20.8 Å². The van der Waals surface area contributed by atoms with Crippen LogP contribution in [0.2, 0.25) is 0 Å². The number of nitrogens with zero attached hydrogens (tertiary/aromatic N) is 1. The van der Waals surface area contributed by atoms with Crippen molar-refractivity contribution >= 4 is 11.4 Å². The van der Waals surface area contributed by atoms with Gasteiger partial charge < -0.3 is 15.4 Å². The molecule has 0 saturated carbocycles. The van der Waals surface area contributed by atoms with Crippen molar-refractivity contribution in [1.82, 2.24) is 0 Å². The zero-order valence-electron chi connectivity index (χ0n) is 9.95. The van der Waals surface area contributed by atoms with Crippen LogP contribution in [0.3, 0.4) is 0 Å². The molecule has 2 N–H and O–H groups in total. The highest BCUT2D eigenvalue weighted by Crippen LogP contribution is 2.28. The maximum atomic E-state index is 5.77. The van der Waals surface area contributed by atoms with Gasteiger partial charge in [-0.1, -0.05) is 0 Å². The van der Waals surface area contributed by atoms with Crippen LogP contribution in [0.15, 0.2) is 18.2 Å². The fourth-order valence-corrected chi connectivity index (χ4v) is 1.72. The van der Waals surface area contributed by atoms with Gasteiger partial charge in [0.1, 0.15) is 5.75 Å². The van der Waals surface area contributed by atoms with Crippen LogP contribution in [-0.2, 0) is 0 Å². The van der Waals surface area contributed by atoms with Gasteiger partial charge in [-0.15, -0.1) is 0 Å². The molecule has 0 spiro atoms. The SMILES string of the molecule is CCN(c1ccc(N)c(OC)c1)C(C)C. The lowest BCUT2D eigenvalue weighted by atomic mass is 10.2. The van der Waals surface area contributed by atoms with Crippen molar-refractivity contribution in [1.29, 1.82) is 0 Å². The lowest BCUT2D eigenvalue weighted by Crippen LogP contribution is -2.30. The van der Waals surface area contributed by atoms with E-state index in [4.69, 9.17) is 10.5 Å². The molecule has 1 aromatic rings. The van der Waals surface area contributed by atoms with Crippen LogP contribution in [0.25, 0.3) is 0 Å². The monoisotopic (exact) mass is 208 g/mol. The Kier molecular flexibility index (Phi) is 3.83. The Morgan fingerprint density at radius 3 is 2.53 bits per heavy atom. The molecule has 84 valence electrons. The summed E-state index contributed by atoms with van der Waals surface area (Å²) in [6, 6.07) is 6.38. The summed E-state index contributed by atoms with van der Waals surface area (Å²) in [6.07, 6.45) is 0. The van der Waals surface area contributed by atoms with Gasteiger partial charge in [0.2, 0.25) is 0 Å². The van der Waals surface area contributed by atoms with Crippen LogP contribution in [0.4, 0.5) is 11.4 Å². The Hall–Kier alpha value is -1.38. The van der Waals surface area contributed by atoms with Gasteiger partial charge in [-0.25, -0.2) is 0 Å². The minimum absolute atomic E-state index is 0.475. The highest BCUT2D eigenvalue weighted by atomic mass is 16.5. The molecule has 1 rings (SSSR count). The Morgan fingerprint density at radius 1 is 1.40 bits per heavy atom. The van der Waals surface area contributed by atoms with Crippen molar-refractivity contribution in [3.05, 3.63) is 18.2 Å². The van der Waals surface area contributed by atoms with Crippen LogP contribution >= 0.6 is 0 Å². The van der Waals surface area contributed by atoms with Gasteiger partial charge in [-0.2, -0.15) is 0 Å². The normalized spacial score (nSPS) is 10.5. The lowest BCUT2D eigenvalue weighted by molar-refractivity contribution is 0.417. The van der Waals surface area contributed by atoms with E-state index in [1.165, 1.54) is 0 Å². The molecule has 0 aliphatic rings. The van der Waals surface area contributed by atoms with Crippen LogP contribution in [-0.4, -0.2) is 19.7 Å². The van der Waals surface area contributed by atoms with E-state index in [1.54, 1.807) is 7.11 Å². The van der Waals surface area contributed by atoms with Crippen molar-refractivity contribution in [2.24, 2.45) is 0 Å². The van der Waals surface area contributed by atoms with Crippen LogP contribution in [0, 0.1) is 0 Å². The van der Waals surface area contributed by atoms with Gasteiger partial charge in [0.05, 0.1) is 12.8 Å². The highest BCUT2D eigenvalue weighted by Gasteiger charge is 2.10. The second-order valence-corrected chi connectivity index (χ2v) is 3.81. The first kappa shape index (κ1) is 11.7. The van der Waals surface area contributed by atoms with E-state index in [9.17, 15) is 0 Å². The molecule has 0 aromatic heterocycles. The van der Waals surface area contributed by atoms with Gasteiger partial charge >= 0.3 is 0 Å². The van der Waals surface area contributed by atoms with E-state index >= 15 is 0 Å². The molecule has 3 heteroatoms. The fraction of sp³-hybridized carbons (Fsp3) is 0.500. The Balaban J connectivity index is 3.03. The molecule has 0 bridgehead atoms. The van der Waals surface area contributed by atoms with E-state index in [0.717, 1.165) is 18.0 Å². The molecular formula is C12H20N2O. The van der Waals surface area contributed by atoms with Gasteiger partial charge in [0.15, 0.2) is 0 Å². The van der Waals surface area contributed by atoms with E-state index in [2.05, 4.69) is 25.7 Å². The number of rotatable bonds is 4. The van der Waals surface area contributed by atoms with Crippen LogP contribution in [0.5, 0.6) is 5.75 Å². The highest BCUT2D eigenvalue weighted by molar-refractivity contribution is 5.62. The summed E-state index contributed by atoms with van der Waals surface area (Å²) in [5.74, 6) is 0.742. The zero-order valence-corrected chi connectivity index (χ0v) is 9.95. The number of nitrogen functional groups attached to an aromatic ring is 1. The summed E-state index contributed by atoms with van der Waals surface area (Å²) in [5.41, 5.74) is 7.61. The molecule has 0 fully saturated rings. The van der Waals surface area contributed by atoms with Gasteiger partial charge in [-0.3, -0.25) is 0 Å². The average molecular weight is 208 g/mol. The minimum atomic E-state index is 0.475. The third-order valence-electron chi connectivity index (χ3n) is 2.51. The number of anilines is 2. The minimum Gasteiger partial charge on any atom is -0.495 e. The summed E-state index contributed by atoms with van der Waals surface area (Å²) in [4.78, 5) is 2.29. The van der Waals surface area contributed by atoms with Crippen molar-refractivity contribution < 1.29 is 4.74 Å². The lowest BCUT2D eigenvalue weighted by Gasteiger charge is -2.28. The zero-order chi connectivity index (χ0) is 11.4. The largest absolute Gasteiger partial charge is 0.495 e. The number of benzene rings is 1. The maximum absolute atomic E-state index is 5.77. The number of hydrogen-bond donors (Lipinski definition) is 1. The molecular weight excluding hydrogens is 188 g/mol. The third-order valence-corrected chi connectivity index (χ3v) is 2.51. The number of nitrogens with two attached hydrogens (primary N) is 1. The van der Waals surface area contributed by atoms with Crippen molar-refractivity contribution in [2.75, 3.05) is 24.3 Å². The first-order valence-corrected chi connectivity index (χ1v) is 5.30. The summed E-state index contributed by atoms with van der Waals surface area (Å²) in [6.45, 7) is 7.46. The fourth-order valence-electron chi connectivity index (χ4n) is 1.72. The second kappa shape index (κ2) is 4.91. The van der Waals surface area contributed by atoms with Gasteiger partial charge in [-0.05, 0) is 32.9 Å². The standard InChI is InChI=1S/C12H20N2O/c1-5-14(9(2)3)10-6-7-11(13)12(8-10)15-4/h6-9H,5,13H2,1-4H3. The predicted molar refractivity (Wildman–Crippen MR) is 65.6 cm³/mol. The van der Waals surface area contributed by atoms with Gasteiger partial charge in [0.25, 0.3) is 0 Å². The first-order chi connectivity index (χ1) is 7.10. The van der Waals surface area contributed by atoms with E-state index in [-0.39, 0.29) is 0 Å². The van der Waals surface area contributed by atoms with E-state index < -0.39 is 0 Å². The third kappa shape index (κ3) is 2.55. The Labute approximate surface area is 91.8 Å². The topological polar surface area (TPSA) is 38.5 Å². The van der Waals surface area contributed by atoms with Crippen molar-refractivity contribution in [3.8, 4) is 5.75 Å². The molecule has 15 heavy (non-hydrogen) atoms. The Morgan fingerprint density at radius 2 is 2.07 bits per heavy atom. The van der Waals surface area contributed by atoms with Crippen molar-refractivity contribution in [3.63, 3.8) is 0 Å². The molecule has 0 radical (unpaired) electrons.